The van der Waals surface area contributed by atoms with E-state index < -0.39 is 70.1 Å². The highest BCUT2D eigenvalue weighted by Crippen LogP contribution is 2.52. The van der Waals surface area contributed by atoms with Crippen molar-refractivity contribution in [2.75, 3.05) is 14.1 Å². The van der Waals surface area contributed by atoms with Crippen molar-refractivity contribution in [1.82, 2.24) is 15.2 Å². The van der Waals surface area contributed by atoms with Crippen molar-refractivity contribution < 1.29 is 39.3 Å². The van der Waals surface area contributed by atoms with Gasteiger partial charge in [-0.3, -0.25) is 29.0 Å². The second kappa shape index (κ2) is 10.9. The van der Waals surface area contributed by atoms with Gasteiger partial charge in [0.05, 0.1) is 23.1 Å². The third kappa shape index (κ3) is 4.72. The zero-order valence-electron chi connectivity index (χ0n) is 25.3. The van der Waals surface area contributed by atoms with Crippen LogP contribution in [0.2, 0.25) is 0 Å². The van der Waals surface area contributed by atoms with Gasteiger partial charge >= 0.3 is 0 Å². The number of aliphatic hydroxyl groups is 2. The molecule has 7 atom stereocenters. The zero-order valence-corrected chi connectivity index (χ0v) is 25.3. The van der Waals surface area contributed by atoms with Crippen molar-refractivity contribution in [1.29, 1.82) is 0 Å². The van der Waals surface area contributed by atoms with E-state index in [1.807, 2.05) is 20.8 Å². The van der Waals surface area contributed by atoms with Crippen LogP contribution in [0.4, 0.5) is 0 Å². The molecule has 1 aromatic carbocycles. The maximum absolute atomic E-state index is 14.2. The summed E-state index contributed by atoms with van der Waals surface area (Å²) in [6, 6.07) is 4.00. The largest absolute Gasteiger partial charge is 0.507 e. The summed E-state index contributed by atoms with van der Waals surface area (Å²) in [6.07, 6.45) is 1.52. The minimum absolute atomic E-state index is 0.00150. The summed E-state index contributed by atoms with van der Waals surface area (Å²) < 4.78 is 0. The van der Waals surface area contributed by atoms with Gasteiger partial charge < -0.3 is 31.3 Å². The number of carbonyl (C=O) groups is 5. The standard InChI is InChI=1S/C32H38N4O8/c1-31(2,3)19-11-16(13-35-30(43)14-7-6-8-34-12-14)17-9-15-10-18-23(36(4)5)26(39)22(29(33)42)28(41)32(18,44)27(40)20(15)25(38)21(17)24(19)37/h6-8,11-12,15,18,20,22-23,26,37,39,44H,9-10,13H2,1-5H3,(H2,33,42)(H,35,43)/t15-,18-,20?,22?,23-,26?,32-/m1/s1. The predicted octanol–water partition coefficient (Wildman–Crippen LogP) is 0.281. The molecule has 3 aliphatic rings. The Hall–Kier alpha value is -4.00. The number of nitrogens with one attached hydrogen (secondary N) is 1. The lowest BCUT2D eigenvalue weighted by Gasteiger charge is -2.55. The monoisotopic (exact) mass is 606 g/mol. The first-order chi connectivity index (χ1) is 20.5. The number of Topliss-reactive ketones (excluding diaryl/α,β-unsaturated/α-hetero) is 3. The molecule has 234 valence electrons. The smallest absolute Gasteiger partial charge is 0.253 e. The molecular formula is C32H38N4O8. The van der Waals surface area contributed by atoms with E-state index in [9.17, 15) is 39.3 Å². The number of nitrogens with two attached hydrogens (primary N) is 1. The number of phenols is 1. The molecule has 0 spiro atoms. The lowest BCUT2D eigenvalue weighted by atomic mass is 9.52. The fraction of sp³-hybridized carbons (Fsp3) is 0.500. The molecule has 5 rings (SSSR count). The van der Waals surface area contributed by atoms with Gasteiger partial charge in [0.15, 0.2) is 23.0 Å². The number of carbonyl (C=O) groups excluding carboxylic acids is 5. The lowest BCUT2D eigenvalue weighted by Crippen LogP contribution is -2.75. The van der Waals surface area contributed by atoms with Crippen LogP contribution in [0, 0.1) is 23.7 Å². The molecule has 6 N–H and O–H groups in total. The Morgan fingerprint density at radius 3 is 2.43 bits per heavy atom. The number of primary amides is 1. The summed E-state index contributed by atoms with van der Waals surface area (Å²) in [5, 5.41) is 37.2. The number of phenolic OH excluding ortho intramolecular Hbond substituents is 1. The van der Waals surface area contributed by atoms with Crippen molar-refractivity contribution in [3.63, 3.8) is 0 Å². The van der Waals surface area contributed by atoms with Crippen molar-refractivity contribution in [2.45, 2.75) is 63.3 Å². The van der Waals surface area contributed by atoms with Gasteiger partial charge in [-0.1, -0.05) is 20.8 Å². The third-order valence-electron chi connectivity index (χ3n) is 9.55. The number of fused-ring (bicyclic) bond motifs is 3. The molecule has 3 unspecified atom stereocenters. The number of amides is 2. The first-order valence-corrected chi connectivity index (χ1v) is 14.6. The number of nitrogens with zero attached hydrogens (tertiary/aromatic N) is 2. The number of pyridine rings is 1. The Bertz CT molecular complexity index is 1570. The predicted molar refractivity (Wildman–Crippen MR) is 156 cm³/mol. The van der Waals surface area contributed by atoms with Crippen LogP contribution in [0.5, 0.6) is 5.75 Å². The Morgan fingerprint density at radius 2 is 1.86 bits per heavy atom. The Balaban J connectivity index is 1.61. The third-order valence-corrected chi connectivity index (χ3v) is 9.55. The van der Waals surface area contributed by atoms with Gasteiger partial charge in [-0.15, -0.1) is 0 Å². The van der Waals surface area contributed by atoms with Crippen molar-refractivity contribution in [3.8, 4) is 5.75 Å². The van der Waals surface area contributed by atoms with Crippen molar-refractivity contribution >= 4 is 29.2 Å². The number of benzene rings is 1. The Kier molecular flexibility index (Phi) is 7.76. The van der Waals surface area contributed by atoms with Crippen molar-refractivity contribution in [2.24, 2.45) is 29.4 Å². The second-order valence-corrected chi connectivity index (χ2v) is 13.4. The number of rotatable bonds is 5. The number of hydrogen-bond donors (Lipinski definition) is 5. The van der Waals surface area contributed by atoms with Crippen LogP contribution >= 0.6 is 0 Å². The van der Waals surface area contributed by atoms with Gasteiger partial charge in [-0.2, -0.15) is 0 Å². The van der Waals surface area contributed by atoms with E-state index in [2.05, 4.69) is 10.3 Å². The molecule has 1 aromatic heterocycles. The molecule has 3 aliphatic carbocycles. The van der Waals surface area contributed by atoms with Gasteiger partial charge in [0.1, 0.15) is 11.7 Å². The number of aromatic hydroxyl groups is 1. The van der Waals surface area contributed by atoms with Gasteiger partial charge in [0, 0.05) is 36.5 Å². The molecule has 1 heterocycles. The molecule has 2 saturated carbocycles. The first kappa shape index (κ1) is 31.4. The van der Waals surface area contributed by atoms with E-state index in [-0.39, 0.29) is 36.6 Å². The molecule has 12 heteroatoms. The van der Waals surface area contributed by atoms with Crippen LogP contribution in [-0.4, -0.2) is 86.2 Å². The fourth-order valence-corrected chi connectivity index (χ4v) is 7.47. The highest BCUT2D eigenvalue weighted by atomic mass is 16.3. The van der Waals surface area contributed by atoms with Crippen LogP contribution in [0.25, 0.3) is 0 Å². The molecule has 2 amide bonds. The average molecular weight is 607 g/mol. The number of aromatic nitrogens is 1. The topological polar surface area (TPSA) is 200 Å². The molecule has 0 radical (unpaired) electrons. The molecule has 12 nitrogen and oxygen atoms in total. The van der Waals surface area contributed by atoms with Gasteiger partial charge in [0.25, 0.3) is 5.91 Å². The van der Waals surface area contributed by atoms with Crippen LogP contribution in [0.15, 0.2) is 30.6 Å². The summed E-state index contributed by atoms with van der Waals surface area (Å²) in [5.41, 5.74) is 3.80. The summed E-state index contributed by atoms with van der Waals surface area (Å²) in [4.78, 5) is 72.6. The minimum Gasteiger partial charge on any atom is -0.507 e. The van der Waals surface area contributed by atoms with E-state index >= 15 is 0 Å². The second-order valence-electron chi connectivity index (χ2n) is 13.4. The maximum Gasteiger partial charge on any atom is 0.253 e. The van der Waals surface area contributed by atoms with E-state index in [0.29, 0.717) is 22.3 Å². The summed E-state index contributed by atoms with van der Waals surface area (Å²) in [6.45, 7) is 5.56. The highest BCUT2D eigenvalue weighted by molar-refractivity contribution is 6.25. The molecule has 0 aliphatic heterocycles. The van der Waals surface area contributed by atoms with Gasteiger partial charge in [-0.25, -0.2) is 0 Å². The zero-order chi connectivity index (χ0) is 32.5. The van der Waals surface area contributed by atoms with E-state index in [0.717, 1.165) is 0 Å². The molecule has 44 heavy (non-hydrogen) atoms. The number of aliphatic hydroxyl groups excluding tert-OH is 1. The Labute approximate surface area is 254 Å². The molecule has 0 bridgehead atoms. The average Bonchev–Trinajstić information content (AvgIpc) is 2.93. The number of hydrogen-bond acceptors (Lipinski definition) is 10. The van der Waals surface area contributed by atoms with Gasteiger partial charge in [-0.05, 0) is 67.6 Å². The van der Waals surface area contributed by atoms with E-state index in [4.69, 9.17) is 5.73 Å². The lowest BCUT2D eigenvalue weighted by molar-refractivity contribution is -0.190. The first-order valence-electron chi connectivity index (χ1n) is 14.6. The van der Waals surface area contributed by atoms with Crippen LogP contribution in [-0.2, 0) is 32.8 Å². The van der Waals surface area contributed by atoms with Gasteiger partial charge in [0.2, 0.25) is 5.91 Å². The Morgan fingerprint density at radius 1 is 1.18 bits per heavy atom. The van der Waals surface area contributed by atoms with Crippen molar-refractivity contribution in [3.05, 3.63) is 58.4 Å². The quantitative estimate of drug-likeness (QED) is 0.295. The van der Waals surface area contributed by atoms with Crippen LogP contribution in [0.1, 0.15) is 64.6 Å². The SMILES string of the molecule is CN(C)[C@H]1C(O)C(C(N)=O)C(=O)[C@]2(O)C(=O)C3C(=O)c4c(O)c(C(C)(C)C)cc(CNC(=O)c5cccnc5)c4C[C@@H]3C[C@H]12. The number of likely N-dealkylation sites (N-methyl/N-ethyl adjacent to an activating group) is 1. The van der Waals surface area contributed by atoms with Crippen LogP contribution < -0.4 is 11.1 Å². The summed E-state index contributed by atoms with van der Waals surface area (Å²) in [7, 11) is 3.18. The minimum atomic E-state index is -2.74. The summed E-state index contributed by atoms with van der Waals surface area (Å²) in [5.74, 6) is -10.0. The molecule has 2 fully saturated rings. The van der Waals surface area contributed by atoms with E-state index in [1.165, 1.54) is 11.1 Å². The summed E-state index contributed by atoms with van der Waals surface area (Å²) >= 11 is 0. The fourth-order valence-electron chi connectivity index (χ4n) is 7.47. The molecular weight excluding hydrogens is 568 g/mol. The normalized spacial score (nSPS) is 30.0. The van der Waals surface area contributed by atoms with Crippen LogP contribution in [0.3, 0.4) is 0 Å². The number of ketones is 3. The molecule has 2 aromatic rings. The highest BCUT2D eigenvalue weighted by Gasteiger charge is 2.69. The molecule has 0 saturated heterocycles. The maximum atomic E-state index is 14.2. The van der Waals surface area contributed by atoms with E-state index in [1.54, 1.807) is 38.5 Å².